The third kappa shape index (κ3) is 4.99. The molecule has 5 nitrogen and oxygen atoms in total. The first-order chi connectivity index (χ1) is 13.2. The largest absolute Gasteiger partial charge is 0.465 e. The number of carbonyl (C=O) groups is 2. The summed E-state index contributed by atoms with van der Waals surface area (Å²) in [5.41, 5.74) is 2.28. The van der Waals surface area contributed by atoms with Crippen LogP contribution in [0, 0.1) is 23.7 Å². The average molecular weight is 400 g/mol. The zero-order chi connectivity index (χ0) is 20.9. The Hall–Kier alpha value is -2.65. The van der Waals surface area contributed by atoms with Gasteiger partial charge in [0.15, 0.2) is 0 Å². The highest BCUT2D eigenvalue weighted by molar-refractivity contribution is 7.15. The number of esters is 2. The van der Waals surface area contributed by atoms with Crippen LogP contribution in [0.1, 0.15) is 53.6 Å². The fourth-order valence-corrected chi connectivity index (χ4v) is 3.76. The molecule has 1 aromatic heterocycles. The van der Waals surface area contributed by atoms with Crippen LogP contribution in [0.4, 0.5) is 0 Å². The van der Waals surface area contributed by atoms with E-state index in [4.69, 9.17) is 9.47 Å². The standard InChI is InChI=1S/C22H25NO4S/c1-14-17(20(24)26-5)12-19(28-14)16-10-6-8-15(18(16)13-23)9-7-11-27-21(25)22(2,3)4/h6,8,10,12H,7,9,11H2,1-5H3. The number of rotatable bonds is 6. The summed E-state index contributed by atoms with van der Waals surface area (Å²) in [5, 5.41) is 9.72. The Bertz CT molecular complexity index is 916. The van der Waals surface area contributed by atoms with E-state index in [0.717, 1.165) is 20.9 Å². The molecule has 0 aliphatic rings. The summed E-state index contributed by atoms with van der Waals surface area (Å²) in [6, 6.07) is 9.76. The number of ether oxygens (including phenoxy) is 2. The fraction of sp³-hybridized carbons (Fsp3) is 0.409. The molecule has 0 aliphatic heterocycles. The highest BCUT2D eigenvalue weighted by Crippen LogP contribution is 2.34. The number of hydrogen-bond acceptors (Lipinski definition) is 6. The van der Waals surface area contributed by atoms with Gasteiger partial charge in [0.1, 0.15) is 6.07 Å². The van der Waals surface area contributed by atoms with E-state index >= 15 is 0 Å². The number of hydrogen-bond donors (Lipinski definition) is 0. The molecule has 0 aliphatic carbocycles. The second-order valence-corrected chi connectivity index (χ2v) is 8.77. The third-order valence-corrected chi connectivity index (χ3v) is 5.37. The summed E-state index contributed by atoms with van der Waals surface area (Å²) in [4.78, 5) is 25.4. The highest BCUT2D eigenvalue weighted by atomic mass is 32.1. The van der Waals surface area contributed by atoms with E-state index in [1.165, 1.54) is 18.4 Å². The van der Waals surface area contributed by atoms with Crippen LogP contribution in [0.3, 0.4) is 0 Å². The number of thiophene rings is 1. The average Bonchev–Trinajstić information content (AvgIpc) is 3.04. The summed E-state index contributed by atoms with van der Waals surface area (Å²) in [5.74, 6) is -0.610. The van der Waals surface area contributed by atoms with E-state index in [0.29, 0.717) is 30.6 Å². The first kappa shape index (κ1) is 21.6. The van der Waals surface area contributed by atoms with Gasteiger partial charge < -0.3 is 9.47 Å². The lowest BCUT2D eigenvalue weighted by Gasteiger charge is -2.16. The molecule has 0 spiro atoms. The minimum atomic E-state index is -0.522. The van der Waals surface area contributed by atoms with E-state index < -0.39 is 5.41 Å². The van der Waals surface area contributed by atoms with Crippen LogP contribution in [0.5, 0.6) is 0 Å². The van der Waals surface area contributed by atoms with Gasteiger partial charge in [-0.3, -0.25) is 4.79 Å². The van der Waals surface area contributed by atoms with Crippen LogP contribution < -0.4 is 0 Å². The van der Waals surface area contributed by atoms with E-state index in [1.807, 2.05) is 45.9 Å². The molecule has 148 valence electrons. The third-order valence-electron chi connectivity index (χ3n) is 4.29. The summed E-state index contributed by atoms with van der Waals surface area (Å²) in [7, 11) is 1.35. The molecule has 28 heavy (non-hydrogen) atoms. The first-order valence-corrected chi connectivity index (χ1v) is 9.89. The van der Waals surface area contributed by atoms with Crippen molar-refractivity contribution in [3.63, 3.8) is 0 Å². The van der Waals surface area contributed by atoms with Crippen LogP contribution in [0.25, 0.3) is 10.4 Å². The Balaban J connectivity index is 2.19. The fourth-order valence-electron chi connectivity index (χ4n) is 2.72. The summed E-state index contributed by atoms with van der Waals surface area (Å²) in [6.45, 7) is 7.63. The molecule has 0 radical (unpaired) electrons. The Morgan fingerprint density at radius 3 is 2.57 bits per heavy atom. The van der Waals surface area contributed by atoms with Gasteiger partial charge in [0.2, 0.25) is 0 Å². The van der Waals surface area contributed by atoms with Gasteiger partial charge in [-0.15, -0.1) is 11.3 Å². The quantitative estimate of drug-likeness (QED) is 0.510. The predicted molar refractivity (Wildman–Crippen MR) is 109 cm³/mol. The number of nitriles is 1. The molecule has 0 fully saturated rings. The number of benzene rings is 1. The van der Waals surface area contributed by atoms with Gasteiger partial charge in [-0.05, 0) is 52.2 Å². The first-order valence-electron chi connectivity index (χ1n) is 9.07. The van der Waals surface area contributed by atoms with E-state index in [9.17, 15) is 14.9 Å². The minimum absolute atomic E-state index is 0.230. The lowest BCUT2D eigenvalue weighted by molar-refractivity contribution is -0.153. The van der Waals surface area contributed by atoms with Crippen molar-refractivity contribution >= 4 is 23.3 Å². The van der Waals surface area contributed by atoms with Crippen molar-refractivity contribution in [3.05, 3.63) is 45.8 Å². The van der Waals surface area contributed by atoms with Crippen molar-refractivity contribution in [2.45, 2.75) is 40.5 Å². The van der Waals surface area contributed by atoms with E-state index in [1.54, 1.807) is 6.07 Å². The van der Waals surface area contributed by atoms with Gasteiger partial charge in [-0.2, -0.15) is 5.26 Å². The van der Waals surface area contributed by atoms with Gasteiger partial charge in [0.05, 0.1) is 30.3 Å². The molecule has 0 atom stereocenters. The topological polar surface area (TPSA) is 76.4 Å². The maximum Gasteiger partial charge on any atom is 0.338 e. The van der Waals surface area contributed by atoms with Crippen LogP contribution in [-0.4, -0.2) is 25.7 Å². The predicted octanol–water partition coefficient (Wildman–Crippen LogP) is 4.90. The molecule has 0 saturated heterocycles. The maximum absolute atomic E-state index is 11.9. The summed E-state index contributed by atoms with van der Waals surface area (Å²) < 4.78 is 10.1. The van der Waals surface area contributed by atoms with E-state index in [2.05, 4.69) is 6.07 Å². The lowest BCUT2D eigenvalue weighted by atomic mass is 9.97. The molecule has 2 aromatic rings. The van der Waals surface area contributed by atoms with Crippen molar-refractivity contribution in [1.29, 1.82) is 5.26 Å². The molecule has 2 rings (SSSR count). The number of methoxy groups -OCH3 is 1. The molecule has 0 amide bonds. The van der Waals surface area contributed by atoms with Crippen LogP contribution in [0.2, 0.25) is 0 Å². The number of aryl methyl sites for hydroxylation is 2. The van der Waals surface area contributed by atoms with E-state index in [-0.39, 0.29) is 11.9 Å². The molecule has 0 saturated carbocycles. The second kappa shape index (κ2) is 9.03. The Morgan fingerprint density at radius 2 is 1.96 bits per heavy atom. The zero-order valence-electron chi connectivity index (χ0n) is 16.9. The monoisotopic (exact) mass is 399 g/mol. The molecule has 1 aromatic carbocycles. The number of carbonyl (C=O) groups excluding carboxylic acids is 2. The molecule has 6 heteroatoms. The van der Waals surface area contributed by atoms with Crippen molar-refractivity contribution in [1.82, 2.24) is 0 Å². The normalized spacial score (nSPS) is 11.0. The van der Waals surface area contributed by atoms with Crippen LogP contribution in [0.15, 0.2) is 24.3 Å². The SMILES string of the molecule is COC(=O)c1cc(-c2cccc(CCCOC(=O)C(C)(C)C)c2C#N)sc1C. The van der Waals surface area contributed by atoms with Crippen molar-refractivity contribution in [2.24, 2.45) is 5.41 Å². The summed E-state index contributed by atoms with van der Waals surface area (Å²) in [6.07, 6.45) is 1.26. The second-order valence-electron chi connectivity index (χ2n) is 7.51. The smallest absolute Gasteiger partial charge is 0.338 e. The summed E-state index contributed by atoms with van der Waals surface area (Å²) >= 11 is 1.46. The van der Waals surface area contributed by atoms with Crippen molar-refractivity contribution in [3.8, 4) is 16.5 Å². The zero-order valence-corrected chi connectivity index (χ0v) is 17.7. The van der Waals surface area contributed by atoms with Crippen LogP contribution in [-0.2, 0) is 20.7 Å². The van der Waals surface area contributed by atoms with Crippen molar-refractivity contribution < 1.29 is 19.1 Å². The molecular weight excluding hydrogens is 374 g/mol. The van der Waals surface area contributed by atoms with Gasteiger partial charge in [-0.1, -0.05) is 18.2 Å². The molecule has 0 unspecified atom stereocenters. The highest BCUT2D eigenvalue weighted by Gasteiger charge is 2.23. The maximum atomic E-state index is 11.9. The van der Waals surface area contributed by atoms with Crippen molar-refractivity contribution in [2.75, 3.05) is 13.7 Å². The van der Waals surface area contributed by atoms with Gasteiger partial charge >= 0.3 is 11.9 Å². The van der Waals surface area contributed by atoms with Gasteiger partial charge in [-0.25, -0.2) is 4.79 Å². The molecular formula is C22H25NO4S. The van der Waals surface area contributed by atoms with Gasteiger partial charge in [0, 0.05) is 15.3 Å². The lowest BCUT2D eigenvalue weighted by Crippen LogP contribution is -2.23. The molecule has 1 heterocycles. The van der Waals surface area contributed by atoms with Gasteiger partial charge in [0.25, 0.3) is 0 Å². The molecule has 0 bridgehead atoms. The Morgan fingerprint density at radius 1 is 1.25 bits per heavy atom. The Labute approximate surface area is 169 Å². The van der Waals surface area contributed by atoms with Crippen LogP contribution >= 0.6 is 11.3 Å². The minimum Gasteiger partial charge on any atom is -0.465 e. The number of nitrogens with zero attached hydrogens (tertiary/aromatic N) is 1. The molecule has 0 N–H and O–H groups in total. The Kier molecular flexibility index (Phi) is 6.98.